The number of benzene rings is 1. The molecule has 0 aromatic heterocycles. The van der Waals surface area contributed by atoms with Crippen molar-refractivity contribution in [2.45, 2.75) is 77.0 Å². The van der Waals surface area contributed by atoms with Gasteiger partial charge in [-0.25, -0.2) is 0 Å². The number of allylic oxidation sites excluding steroid dienone is 3. The molecule has 0 nitrogen and oxygen atoms in total. The van der Waals surface area contributed by atoms with Crippen molar-refractivity contribution in [2.24, 2.45) is 17.8 Å². The van der Waals surface area contributed by atoms with E-state index in [9.17, 15) is 0 Å². The van der Waals surface area contributed by atoms with Gasteiger partial charge in [0.05, 0.1) is 0 Å². The van der Waals surface area contributed by atoms with Gasteiger partial charge in [-0.15, -0.1) is 6.58 Å². The van der Waals surface area contributed by atoms with Crippen LogP contribution in [0.15, 0.2) is 49.1 Å². The van der Waals surface area contributed by atoms with Gasteiger partial charge in [-0.3, -0.25) is 0 Å². The fourth-order valence-electron chi connectivity index (χ4n) is 5.23. The van der Waals surface area contributed by atoms with Crippen molar-refractivity contribution in [1.82, 2.24) is 0 Å². The van der Waals surface area contributed by atoms with Gasteiger partial charge in [0.25, 0.3) is 0 Å². The molecule has 0 unspecified atom stereocenters. The van der Waals surface area contributed by atoms with E-state index in [1.165, 1.54) is 56.9 Å². The minimum Gasteiger partial charge on any atom is -0.103 e. The predicted molar refractivity (Wildman–Crippen MR) is 110 cm³/mol. The van der Waals surface area contributed by atoms with Crippen LogP contribution in [0.3, 0.4) is 0 Å². The Hall–Kier alpha value is -1.30. The molecule has 2 fully saturated rings. The Bertz CT molecular complexity index is 534. The minimum absolute atomic E-state index is 0.809. The molecule has 2 saturated carbocycles. The highest BCUT2D eigenvalue weighted by Gasteiger charge is 2.30. The van der Waals surface area contributed by atoms with Crippen LogP contribution in [-0.4, -0.2) is 0 Å². The standard InChI is InChI=1S/C25H36/c1-3-5-7-21-10-14-23(15-11-21)25-18-16-24(17-19-25)22-12-8-20(6-4-2)9-13-22/h3-4,6,10-11,14-15,20,22,24-25H,1,5,7-9,12-13,16-19H2,2H3/b6-4+. The van der Waals surface area contributed by atoms with Gasteiger partial charge < -0.3 is 0 Å². The molecular weight excluding hydrogens is 300 g/mol. The zero-order valence-corrected chi connectivity index (χ0v) is 16.1. The summed E-state index contributed by atoms with van der Waals surface area (Å²) in [4.78, 5) is 0. The Morgan fingerprint density at radius 3 is 2.04 bits per heavy atom. The van der Waals surface area contributed by atoms with Crippen molar-refractivity contribution < 1.29 is 0 Å². The molecule has 1 aromatic carbocycles. The smallest absolute Gasteiger partial charge is 0.0162 e. The molecule has 1 aromatic rings. The van der Waals surface area contributed by atoms with Crippen LogP contribution in [0.2, 0.25) is 0 Å². The molecule has 0 heterocycles. The predicted octanol–water partition coefficient (Wildman–Crippen LogP) is 7.46. The van der Waals surface area contributed by atoms with E-state index in [1.807, 2.05) is 6.08 Å². The van der Waals surface area contributed by atoms with Crippen LogP contribution in [0.25, 0.3) is 0 Å². The van der Waals surface area contributed by atoms with Gasteiger partial charge in [-0.05, 0) is 106 Å². The second-order valence-electron chi connectivity index (χ2n) is 8.38. The van der Waals surface area contributed by atoms with E-state index in [4.69, 9.17) is 0 Å². The van der Waals surface area contributed by atoms with Gasteiger partial charge in [0, 0.05) is 0 Å². The first-order valence-corrected chi connectivity index (χ1v) is 10.6. The lowest BCUT2D eigenvalue weighted by Crippen LogP contribution is -2.25. The number of hydrogen-bond donors (Lipinski definition) is 0. The number of aryl methyl sites for hydroxylation is 1. The van der Waals surface area contributed by atoms with Crippen molar-refractivity contribution in [1.29, 1.82) is 0 Å². The highest BCUT2D eigenvalue weighted by atomic mass is 14.4. The van der Waals surface area contributed by atoms with Gasteiger partial charge in [-0.2, -0.15) is 0 Å². The SMILES string of the molecule is C=CCCc1ccc(C2CCC(C3CCC(/C=C/C)CC3)CC2)cc1. The first-order valence-electron chi connectivity index (χ1n) is 10.6. The molecule has 0 amide bonds. The fraction of sp³-hybridized carbons (Fsp3) is 0.600. The van der Waals surface area contributed by atoms with E-state index < -0.39 is 0 Å². The highest BCUT2D eigenvalue weighted by Crippen LogP contribution is 2.44. The molecule has 0 radical (unpaired) electrons. The molecule has 0 N–H and O–H groups in total. The lowest BCUT2D eigenvalue weighted by atomic mass is 9.68. The van der Waals surface area contributed by atoms with Crippen LogP contribution >= 0.6 is 0 Å². The fourth-order valence-corrected chi connectivity index (χ4v) is 5.23. The third-order valence-corrected chi connectivity index (χ3v) is 6.81. The molecule has 2 aliphatic carbocycles. The lowest BCUT2D eigenvalue weighted by Gasteiger charge is -2.37. The van der Waals surface area contributed by atoms with E-state index in [0.29, 0.717) is 0 Å². The highest BCUT2D eigenvalue weighted by molar-refractivity contribution is 5.26. The Kier molecular flexibility index (Phi) is 6.96. The molecule has 0 atom stereocenters. The van der Waals surface area contributed by atoms with Gasteiger partial charge in [0.15, 0.2) is 0 Å². The Morgan fingerprint density at radius 2 is 1.48 bits per heavy atom. The first kappa shape index (κ1) is 18.5. The van der Waals surface area contributed by atoms with Crippen molar-refractivity contribution in [2.75, 3.05) is 0 Å². The quantitative estimate of drug-likeness (QED) is 0.473. The largest absolute Gasteiger partial charge is 0.103 e. The molecular formula is C25H36. The summed E-state index contributed by atoms with van der Waals surface area (Å²) >= 11 is 0. The Morgan fingerprint density at radius 1 is 0.880 bits per heavy atom. The third kappa shape index (κ3) is 5.09. The molecule has 0 aliphatic heterocycles. The van der Waals surface area contributed by atoms with Crippen molar-refractivity contribution in [3.63, 3.8) is 0 Å². The summed E-state index contributed by atoms with van der Waals surface area (Å²) in [5, 5.41) is 0. The van der Waals surface area contributed by atoms with E-state index in [1.54, 1.807) is 5.56 Å². The molecule has 0 bridgehead atoms. The van der Waals surface area contributed by atoms with Crippen molar-refractivity contribution in [3.05, 3.63) is 60.2 Å². The first-order chi connectivity index (χ1) is 12.3. The maximum atomic E-state index is 3.82. The summed E-state index contributed by atoms with van der Waals surface area (Å²) in [5.41, 5.74) is 3.04. The van der Waals surface area contributed by atoms with Crippen molar-refractivity contribution in [3.8, 4) is 0 Å². The maximum absolute atomic E-state index is 3.82. The van der Waals surface area contributed by atoms with Crippen molar-refractivity contribution >= 4 is 0 Å². The zero-order valence-electron chi connectivity index (χ0n) is 16.1. The third-order valence-electron chi connectivity index (χ3n) is 6.81. The van der Waals surface area contributed by atoms with Gasteiger partial charge >= 0.3 is 0 Å². The monoisotopic (exact) mass is 336 g/mol. The molecule has 0 heteroatoms. The van der Waals surface area contributed by atoms with Crippen LogP contribution in [0, 0.1) is 17.8 Å². The van der Waals surface area contributed by atoms with Gasteiger partial charge in [0.2, 0.25) is 0 Å². The normalized spacial score (nSPS) is 30.4. The molecule has 2 aliphatic rings. The van der Waals surface area contributed by atoms with Crippen LogP contribution in [0.4, 0.5) is 0 Å². The molecule has 25 heavy (non-hydrogen) atoms. The number of hydrogen-bond acceptors (Lipinski definition) is 0. The van der Waals surface area contributed by atoms with E-state index in [-0.39, 0.29) is 0 Å². The number of rotatable bonds is 6. The van der Waals surface area contributed by atoms with E-state index in [2.05, 4.69) is 49.9 Å². The molecule has 0 saturated heterocycles. The molecule has 136 valence electrons. The molecule has 3 rings (SSSR count). The molecule has 0 spiro atoms. The summed E-state index contributed by atoms with van der Waals surface area (Å²) in [6.07, 6.45) is 20.5. The van der Waals surface area contributed by atoms with Crippen LogP contribution in [-0.2, 0) is 6.42 Å². The lowest BCUT2D eigenvalue weighted by molar-refractivity contribution is 0.171. The minimum atomic E-state index is 0.809. The van der Waals surface area contributed by atoms with Crippen LogP contribution < -0.4 is 0 Å². The van der Waals surface area contributed by atoms with Crippen LogP contribution in [0.1, 0.15) is 81.8 Å². The zero-order chi connectivity index (χ0) is 17.5. The second-order valence-corrected chi connectivity index (χ2v) is 8.38. The summed E-state index contributed by atoms with van der Waals surface area (Å²) < 4.78 is 0. The van der Waals surface area contributed by atoms with Gasteiger partial charge in [0.1, 0.15) is 0 Å². The van der Waals surface area contributed by atoms with E-state index in [0.717, 1.165) is 36.5 Å². The topological polar surface area (TPSA) is 0 Å². The maximum Gasteiger partial charge on any atom is -0.0162 e. The summed E-state index contributed by atoms with van der Waals surface area (Å²) in [6, 6.07) is 9.47. The summed E-state index contributed by atoms with van der Waals surface area (Å²) in [7, 11) is 0. The summed E-state index contributed by atoms with van der Waals surface area (Å²) in [6.45, 7) is 5.99. The average molecular weight is 337 g/mol. The van der Waals surface area contributed by atoms with Crippen LogP contribution in [0.5, 0.6) is 0 Å². The summed E-state index contributed by atoms with van der Waals surface area (Å²) in [5.74, 6) is 3.71. The second kappa shape index (κ2) is 9.41. The Labute approximate surface area is 155 Å². The Balaban J connectivity index is 1.46. The van der Waals surface area contributed by atoms with E-state index >= 15 is 0 Å². The van der Waals surface area contributed by atoms with Gasteiger partial charge in [-0.1, -0.05) is 42.5 Å². The average Bonchev–Trinajstić information content (AvgIpc) is 2.68.